The molecule has 0 spiro atoms. The van der Waals surface area contributed by atoms with Crippen molar-refractivity contribution >= 4 is 45.1 Å². The highest BCUT2D eigenvalue weighted by molar-refractivity contribution is 7.89. The van der Waals surface area contributed by atoms with E-state index in [9.17, 15) is 18.0 Å². The monoisotopic (exact) mass is 326 g/mol. The van der Waals surface area contributed by atoms with Gasteiger partial charge in [-0.1, -0.05) is 23.2 Å². The summed E-state index contributed by atoms with van der Waals surface area (Å²) in [5, 5.41) is 4.53. The number of amides is 1. The van der Waals surface area contributed by atoms with Crippen LogP contribution in [0, 0.1) is 0 Å². The molecule has 4 N–H and O–H groups in total. The molecule has 0 atom stereocenters. The van der Waals surface area contributed by atoms with Gasteiger partial charge >= 0.3 is 5.97 Å². The third-order valence-electron chi connectivity index (χ3n) is 1.89. The molecule has 1 aromatic carbocycles. The molecule has 0 aliphatic carbocycles. The van der Waals surface area contributed by atoms with Gasteiger partial charge in [0.15, 0.2) is 6.61 Å². The predicted molar refractivity (Wildman–Crippen MR) is 67.3 cm³/mol. The Morgan fingerprint density at radius 1 is 1.21 bits per heavy atom. The smallest absolute Gasteiger partial charge is 0.340 e. The maximum atomic E-state index is 11.6. The van der Waals surface area contributed by atoms with Crippen molar-refractivity contribution in [3.63, 3.8) is 0 Å². The lowest BCUT2D eigenvalue weighted by atomic mass is 10.2. The molecule has 0 heterocycles. The number of carbonyl (C=O) groups excluding carboxylic acids is 2. The highest BCUT2D eigenvalue weighted by atomic mass is 35.5. The van der Waals surface area contributed by atoms with E-state index in [2.05, 4.69) is 4.74 Å². The second-order valence-corrected chi connectivity index (χ2v) is 5.69. The summed E-state index contributed by atoms with van der Waals surface area (Å²) in [6.07, 6.45) is 0. The van der Waals surface area contributed by atoms with Gasteiger partial charge in [-0.2, -0.15) is 0 Å². The quantitative estimate of drug-likeness (QED) is 0.767. The number of nitrogens with two attached hydrogens (primary N) is 2. The van der Waals surface area contributed by atoms with Crippen LogP contribution in [0.1, 0.15) is 10.4 Å². The van der Waals surface area contributed by atoms with Gasteiger partial charge in [0.05, 0.1) is 15.6 Å². The van der Waals surface area contributed by atoms with Gasteiger partial charge in [0.1, 0.15) is 4.90 Å². The van der Waals surface area contributed by atoms with E-state index in [1.807, 2.05) is 0 Å². The molecular formula is C9H8Cl2N2O5S. The van der Waals surface area contributed by atoms with Crippen molar-refractivity contribution in [1.82, 2.24) is 0 Å². The average Bonchev–Trinajstić information content (AvgIpc) is 2.24. The van der Waals surface area contributed by atoms with Crippen molar-refractivity contribution in [1.29, 1.82) is 0 Å². The third kappa shape index (κ3) is 4.06. The summed E-state index contributed by atoms with van der Waals surface area (Å²) >= 11 is 11.4. The van der Waals surface area contributed by atoms with Crippen LogP contribution in [-0.2, 0) is 19.6 Å². The van der Waals surface area contributed by atoms with Crippen molar-refractivity contribution in [2.45, 2.75) is 4.90 Å². The lowest BCUT2D eigenvalue weighted by molar-refractivity contribution is -0.121. The largest absolute Gasteiger partial charge is 0.452 e. The van der Waals surface area contributed by atoms with Gasteiger partial charge in [-0.05, 0) is 12.1 Å². The Morgan fingerprint density at radius 2 is 1.79 bits per heavy atom. The number of carbonyl (C=O) groups is 2. The van der Waals surface area contributed by atoms with Gasteiger partial charge in [0.25, 0.3) is 5.91 Å². The Labute approximate surface area is 118 Å². The predicted octanol–water partition coefficient (Wildman–Crippen LogP) is 0.283. The van der Waals surface area contributed by atoms with E-state index in [1.54, 1.807) is 0 Å². The van der Waals surface area contributed by atoms with Crippen LogP contribution in [0.5, 0.6) is 0 Å². The zero-order chi connectivity index (χ0) is 14.8. The fraction of sp³-hybridized carbons (Fsp3) is 0.111. The fourth-order valence-electron chi connectivity index (χ4n) is 1.12. The van der Waals surface area contributed by atoms with E-state index in [0.717, 1.165) is 12.1 Å². The van der Waals surface area contributed by atoms with Gasteiger partial charge in [-0.25, -0.2) is 18.4 Å². The summed E-state index contributed by atoms with van der Waals surface area (Å²) in [5.74, 6) is -1.89. The maximum Gasteiger partial charge on any atom is 0.340 e. The lowest BCUT2D eigenvalue weighted by Crippen LogP contribution is -2.21. The van der Waals surface area contributed by atoms with Crippen molar-refractivity contribution in [3.8, 4) is 0 Å². The van der Waals surface area contributed by atoms with Crippen molar-refractivity contribution in [3.05, 3.63) is 27.7 Å². The Balaban J connectivity index is 3.22. The average molecular weight is 327 g/mol. The van der Waals surface area contributed by atoms with E-state index >= 15 is 0 Å². The summed E-state index contributed by atoms with van der Waals surface area (Å²) in [6.45, 7) is -0.664. The minimum Gasteiger partial charge on any atom is -0.452 e. The van der Waals surface area contributed by atoms with Crippen LogP contribution >= 0.6 is 23.2 Å². The summed E-state index contributed by atoms with van der Waals surface area (Å²) in [4.78, 5) is 21.6. The molecule has 0 unspecified atom stereocenters. The zero-order valence-corrected chi connectivity index (χ0v) is 11.6. The third-order valence-corrected chi connectivity index (χ3v) is 3.58. The first-order valence-electron chi connectivity index (χ1n) is 4.60. The topological polar surface area (TPSA) is 130 Å². The number of rotatable bonds is 4. The maximum absolute atomic E-state index is 11.6. The molecule has 0 aromatic heterocycles. The van der Waals surface area contributed by atoms with E-state index in [1.165, 1.54) is 0 Å². The molecule has 10 heteroatoms. The van der Waals surface area contributed by atoms with Crippen LogP contribution in [0.25, 0.3) is 0 Å². The molecule has 7 nitrogen and oxygen atoms in total. The first kappa shape index (κ1) is 15.7. The highest BCUT2D eigenvalue weighted by Gasteiger charge is 2.21. The summed E-state index contributed by atoms with van der Waals surface area (Å²) in [7, 11) is -4.13. The van der Waals surface area contributed by atoms with Gasteiger partial charge in [-0.3, -0.25) is 4.79 Å². The van der Waals surface area contributed by atoms with Crippen LogP contribution in [0.15, 0.2) is 17.0 Å². The van der Waals surface area contributed by atoms with Crippen molar-refractivity contribution < 1.29 is 22.7 Å². The zero-order valence-electron chi connectivity index (χ0n) is 9.22. The number of primary amides is 1. The van der Waals surface area contributed by atoms with E-state index in [-0.39, 0.29) is 15.6 Å². The molecule has 0 aliphatic heterocycles. The number of ether oxygens (including phenoxy) is 1. The summed E-state index contributed by atoms with van der Waals surface area (Å²) in [6, 6.07) is 1.90. The second kappa shape index (κ2) is 5.74. The number of esters is 1. The van der Waals surface area contributed by atoms with Crippen molar-refractivity contribution in [2.24, 2.45) is 10.9 Å². The van der Waals surface area contributed by atoms with E-state index in [0.29, 0.717) is 0 Å². The number of primary sulfonamides is 1. The second-order valence-electron chi connectivity index (χ2n) is 3.35. The van der Waals surface area contributed by atoms with Crippen LogP contribution < -0.4 is 10.9 Å². The molecule has 1 aromatic rings. The van der Waals surface area contributed by atoms with Crippen LogP contribution in [0.3, 0.4) is 0 Å². The standard InChI is InChI=1S/C9H8Cl2N2O5S/c10-5-2-6(11)7(19(13,16)17)1-4(5)9(15)18-3-8(12)14/h1-2H,3H2,(H2,12,14)(H2,13,16,17). The van der Waals surface area contributed by atoms with Crippen LogP contribution in [0.2, 0.25) is 10.0 Å². The summed E-state index contributed by atoms with van der Waals surface area (Å²) in [5.41, 5.74) is 4.50. The number of hydrogen-bond acceptors (Lipinski definition) is 5. The number of sulfonamides is 1. The molecule has 0 aliphatic rings. The minimum absolute atomic E-state index is 0.146. The molecule has 0 fully saturated rings. The number of hydrogen-bond donors (Lipinski definition) is 2. The van der Waals surface area contributed by atoms with Gasteiger partial charge < -0.3 is 10.5 Å². The Bertz CT molecular complexity index is 644. The Kier molecular flexibility index (Phi) is 4.75. The lowest BCUT2D eigenvalue weighted by Gasteiger charge is -2.08. The van der Waals surface area contributed by atoms with Gasteiger partial charge in [-0.15, -0.1) is 0 Å². The van der Waals surface area contributed by atoms with Crippen LogP contribution in [0.4, 0.5) is 0 Å². The van der Waals surface area contributed by atoms with E-state index < -0.39 is 33.4 Å². The minimum atomic E-state index is -4.13. The fourth-order valence-corrected chi connectivity index (χ4v) is 2.51. The SMILES string of the molecule is NC(=O)COC(=O)c1cc(S(N)(=O)=O)c(Cl)cc1Cl. The normalized spacial score (nSPS) is 11.1. The molecular weight excluding hydrogens is 319 g/mol. The first-order valence-corrected chi connectivity index (χ1v) is 6.90. The molecule has 0 radical (unpaired) electrons. The molecule has 0 saturated carbocycles. The van der Waals surface area contributed by atoms with E-state index in [4.69, 9.17) is 34.1 Å². The molecule has 0 bridgehead atoms. The molecule has 19 heavy (non-hydrogen) atoms. The van der Waals surface area contributed by atoms with Crippen LogP contribution in [-0.4, -0.2) is 26.9 Å². The van der Waals surface area contributed by atoms with Gasteiger partial charge in [0, 0.05) is 0 Å². The molecule has 1 amide bonds. The van der Waals surface area contributed by atoms with Gasteiger partial charge in [0.2, 0.25) is 10.0 Å². The number of halogens is 2. The molecule has 0 saturated heterocycles. The Hall–Kier alpha value is -1.35. The number of benzene rings is 1. The highest BCUT2D eigenvalue weighted by Crippen LogP contribution is 2.28. The Morgan fingerprint density at radius 3 is 2.26 bits per heavy atom. The first-order chi connectivity index (χ1) is 8.62. The molecule has 104 valence electrons. The molecule has 1 rings (SSSR count). The summed E-state index contributed by atoms with van der Waals surface area (Å²) < 4.78 is 27.0. The van der Waals surface area contributed by atoms with Crippen molar-refractivity contribution in [2.75, 3.05) is 6.61 Å².